The topological polar surface area (TPSA) is 76.8 Å². The van der Waals surface area contributed by atoms with Gasteiger partial charge in [-0.25, -0.2) is 0 Å². The molecule has 3 rings (SSSR count). The molecule has 11 heteroatoms. The summed E-state index contributed by atoms with van der Waals surface area (Å²) < 4.78 is 44.8. The lowest BCUT2D eigenvalue weighted by Gasteiger charge is -2.11. The smallest absolute Gasteiger partial charge is 0.416 e. The van der Waals surface area contributed by atoms with Crippen LogP contribution >= 0.6 is 31.9 Å². The van der Waals surface area contributed by atoms with Gasteiger partial charge in [0, 0.05) is 12.1 Å². The van der Waals surface area contributed by atoms with Gasteiger partial charge in [0.15, 0.2) is 0 Å². The highest BCUT2D eigenvalue weighted by molar-refractivity contribution is 9.11. The van der Waals surface area contributed by atoms with E-state index in [1.54, 1.807) is 24.3 Å². The van der Waals surface area contributed by atoms with Crippen molar-refractivity contribution >= 4 is 49.4 Å². The molecular weight excluding hydrogens is 559 g/mol. The molecule has 0 heterocycles. The summed E-state index contributed by atoms with van der Waals surface area (Å²) in [5.74, 6) is 0.504. The summed E-state index contributed by atoms with van der Waals surface area (Å²) in [7, 11) is 0. The number of nitro groups is 1. The number of alkyl halides is 3. The zero-order valence-corrected chi connectivity index (χ0v) is 19.2. The summed E-state index contributed by atoms with van der Waals surface area (Å²) in [6, 6.07) is 14.2. The molecule has 3 aromatic rings. The molecule has 0 saturated carbocycles. The Bertz CT molecular complexity index is 1130. The zero-order valence-electron chi connectivity index (χ0n) is 16.1. The summed E-state index contributed by atoms with van der Waals surface area (Å²) in [4.78, 5) is 10.4. The van der Waals surface area contributed by atoms with E-state index in [-0.39, 0.29) is 12.3 Å². The van der Waals surface area contributed by atoms with Crippen LogP contribution in [0.2, 0.25) is 0 Å². The van der Waals surface area contributed by atoms with Crippen molar-refractivity contribution in [2.45, 2.75) is 12.8 Å². The SMILES string of the molecule is O=[N+]([O-])c1cccc(COc2c(Br)cc(/C=N/Nc3ccc(C(F)(F)F)cc3)cc2Br)c1. The first-order chi connectivity index (χ1) is 15.1. The lowest BCUT2D eigenvalue weighted by Crippen LogP contribution is -2.04. The molecule has 166 valence electrons. The maximum atomic E-state index is 12.6. The van der Waals surface area contributed by atoms with E-state index in [4.69, 9.17) is 4.74 Å². The summed E-state index contributed by atoms with van der Waals surface area (Å²) in [6.07, 6.45) is -2.89. The highest BCUT2D eigenvalue weighted by Crippen LogP contribution is 2.35. The highest BCUT2D eigenvalue weighted by Gasteiger charge is 2.29. The molecule has 0 atom stereocenters. The van der Waals surface area contributed by atoms with Gasteiger partial charge in [-0.3, -0.25) is 15.5 Å². The van der Waals surface area contributed by atoms with Crippen LogP contribution < -0.4 is 10.2 Å². The first-order valence-electron chi connectivity index (χ1n) is 8.95. The molecule has 6 nitrogen and oxygen atoms in total. The van der Waals surface area contributed by atoms with E-state index in [1.165, 1.54) is 30.5 Å². The average Bonchev–Trinajstić information content (AvgIpc) is 2.73. The molecule has 0 saturated heterocycles. The van der Waals surface area contributed by atoms with E-state index in [9.17, 15) is 23.3 Å². The molecule has 0 bridgehead atoms. The van der Waals surface area contributed by atoms with Crippen LogP contribution in [-0.2, 0) is 12.8 Å². The molecule has 0 aliphatic rings. The Hall–Kier alpha value is -2.92. The molecule has 0 amide bonds. The third-order valence-corrected chi connectivity index (χ3v) is 5.32. The van der Waals surface area contributed by atoms with E-state index >= 15 is 0 Å². The zero-order chi connectivity index (χ0) is 23.3. The van der Waals surface area contributed by atoms with Crippen molar-refractivity contribution in [3.63, 3.8) is 0 Å². The minimum absolute atomic E-state index is 0.0173. The summed E-state index contributed by atoms with van der Waals surface area (Å²) in [6.45, 7) is 0.127. The number of nitrogens with zero attached hydrogens (tertiary/aromatic N) is 2. The lowest BCUT2D eigenvalue weighted by molar-refractivity contribution is -0.384. The molecule has 0 aliphatic carbocycles. The van der Waals surface area contributed by atoms with Gasteiger partial charge in [-0.2, -0.15) is 18.3 Å². The van der Waals surface area contributed by atoms with E-state index < -0.39 is 16.7 Å². The number of hydrogen-bond donors (Lipinski definition) is 1. The van der Waals surface area contributed by atoms with E-state index in [1.807, 2.05) is 0 Å². The number of hydrogen-bond acceptors (Lipinski definition) is 5. The Balaban J connectivity index is 1.65. The molecule has 0 spiro atoms. The van der Waals surface area contributed by atoms with Crippen LogP contribution in [0.15, 0.2) is 74.7 Å². The van der Waals surface area contributed by atoms with E-state index in [2.05, 4.69) is 42.4 Å². The van der Waals surface area contributed by atoms with Crippen molar-refractivity contribution in [2.75, 3.05) is 5.43 Å². The van der Waals surface area contributed by atoms with Crippen LogP contribution in [-0.4, -0.2) is 11.1 Å². The largest absolute Gasteiger partial charge is 0.487 e. The van der Waals surface area contributed by atoms with Crippen LogP contribution in [0, 0.1) is 10.1 Å². The van der Waals surface area contributed by atoms with Crippen LogP contribution in [0.3, 0.4) is 0 Å². The molecule has 0 aliphatic heterocycles. The van der Waals surface area contributed by atoms with Crippen LogP contribution in [0.4, 0.5) is 24.5 Å². The van der Waals surface area contributed by atoms with Crippen molar-refractivity contribution in [3.8, 4) is 5.75 Å². The number of non-ortho nitro benzene ring substituents is 1. The molecule has 0 fully saturated rings. The van der Waals surface area contributed by atoms with Gasteiger partial charge in [-0.1, -0.05) is 12.1 Å². The second-order valence-corrected chi connectivity index (χ2v) is 8.18. The van der Waals surface area contributed by atoms with Crippen molar-refractivity contribution < 1.29 is 22.8 Å². The summed E-state index contributed by atoms with van der Waals surface area (Å²) >= 11 is 6.84. The third kappa shape index (κ3) is 6.30. The van der Waals surface area contributed by atoms with Gasteiger partial charge in [-0.15, -0.1) is 0 Å². The number of halogens is 5. The predicted octanol–water partition coefficient (Wildman–Crippen LogP) is 7.16. The second kappa shape index (κ2) is 10.1. The van der Waals surface area contributed by atoms with Gasteiger partial charge in [-0.05, 0) is 79.4 Å². The fourth-order valence-electron chi connectivity index (χ4n) is 2.62. The first kappa shape index (κ1) is 23.7. The quantitative estimate of drug-likeness (QED) is 0.185. The Labute approximate surface area is 197 Å². The molecular formula is C21H14Br2F3N3O3. The number of nitro benzene ring substituents is 1. The molecule has 0 radical (unpaired) electrons. The minimum atomic E-state index is -4.39. The highest BCUT2D eigenvalue weighted by atomic mass is 79.9. The Morgan fingerprint density at radius 3 is 2.31 bits per heavy atom. The summed E-state index contributed by atoms with van der Waals surface area (Å²) in [5.41, 5.74) is 3.65. The molecule has 1 N–H and O–H groups in total. The molecule has 0 aromatic heterocycles. The Kier molecular flexibility index (Phi) is 7.52. The van der Waals surface area contributed by atoms with Crippen molar-refractivity contribution in [1.82, 2.24) is 0 Å². The molecule has 0 unspecified atom stereocenters. The van der Waals surface area contributed by atoms with Crippen LogP contribution in [0.1, 0.15) is 16.7 Å². The fourth-order valence-corrected chi connectivity index (χ4v) is 4.07. The Morgan fingerprint density at radius 1 is 1.06 bits per heavy atom. The maximum Gasteiger partial charge on any atom is 0.416 e. The second-order valence-electron chi connectivity index (χ2n) is 6.47. The van der Waals surface area contributed by atoms with Gasteiger partial charge >= 0.3 is 6.18 Å². The Morgan fingerprint density at radius 2 is 1.72 bits per heavy atom. The predicted molar refractivity (Wildman–Crippen MR) is 122 cm³/mol. The first-order valence-corrected chi connectivity index (χ1v) is 10.5. The lowest BCUT2D eigenvalue weighted by atomic mass is 10.2. The number of benzene rings is 3. The van der Waals surface area contributed by atoms with Crippen molar-refractivity contribution in [1.29, 1.82) is 0 Å². The summed E-state index contributed by atoms with van der Waals surface area (Å²) in [5, 5.41) is 14.9. The van der Waals surface area contributed by atoms with Crippen molar-refractivity contribution in [3.05, 3.63) is 96.4 Å². The standard InChI is InChI=1S/C21H14Br2F3N3O3/c22-18-9-14(11-27-28-16-6-4-15(5-7-16)21(24,25)26)10-19(23)20(18)32-12-13-2-1-3-17(8-13)29(30)31/h1-11,28H,12H2/b27-11+. The number of rotatable bonds is 7. The normalized spacial score (nSPS) is 11.5. The average molecular weight is 573 g/mol. The van der Waals surface area contributed by atoms with Crippen LogP contribution in [0.5, 0.6) is 5.75 Å². The van der Waals surface area contributed by atoms with Gasteiger partial charge in [0.1, 0.15) is 12.4 Å². The van der Waals surface area contributed by atoms with Crippen molar-refractivity contribution in [2.24, 2.45) is 5.10 Å². The van der Waals surface area contributed by atoms with E-state index in [0.29, 0.717) is 31.5 Å². The van der Waals surface area contributed by atoms with Gasteiger partial charge in [0.2, 0.25) is 0 Å². The van der Waals surface area contributed by atoms with Gasteiger partial charge < -0.3 is 4.74 Å². The van der Waals surface area contributed by atoms with Gasteiger partial charge in [0.25, 0.3) is 5.69 Å². The molecule has 3 aromatic carbocycles. The number of hydrazone groups is 1. The number of ether oxygens (including phenoxy) is 1. The third-order valence-electron chi connectivity index (χ3n) is 4.14. The molecule has 32 heavy (non-hydrogen) atoms. The number of nitrogens with one attached hydrogen (secondary N) is 1. The number of anilines is 1. The van der Waals surface area contributed by atoms with E-state index in [0.717, 1.165) is 12.1 Å². The maximum absolute atomic E-state index is 12.6. The monoisotopic (exact) mass is 571 g/mol. The van der Waals surface area contributed by atoms with Gasteiger partial charge in [0.05, 0.1) is 31.3 Å². The van der Waals surface area contributed by atoms with Crippen LogP contribution in [0.25, 0.3) is 0 Å². The fraction of sp³-hybridized carbons (Fsp3) is 0.0952. The minimum Gasteiger partial charge on any atom is -0.487 e.